The Balaban J connectivity index is 1.41. The molecule has 170 valence electrons. The van der Waals surface area contributed by atoms with Crippen molar-refractivity contribution in [1.29, 1.82) is 0 Å². The Bertz CT molecular complexity index is 877. The Labute approximate surface area is 187 Å². The molecule has 3 aliphatic heterocycles. The predicted molar refractivity (Wildman–Crippen MR) is 114 cm³/mol. The first-order valence-electron chi connectivity index (χ1n) is 9.92. The van der Waals surface area contributed by atoms with E-state index in [1.165, 1.54) is 21.6 Å². The lowest BCUT2D eigenvalue weighted by Crippen LogP contribution is -2.54. The molecule has 0 aromatic rings. The van der Waals surface area contributed by atoms with E-state index in [0.717, 1.165) is 0 Å². The minimum Gasteiger partial charge on any atom is -0.488 e. The summed E-state index contributed by atoms with van der Waals surface area (Å²) in [5.41, 5.74) is 4.86. The van der Waals surface area contributed by atoms with Gasteiger partial charge in [0.2, 0.25) is 11.6 Å². The zero-order valence-electron chi connectivity index (χ0n) is 17.2. The van der Waals surface area contributed by atoms with Crippen molar-refractivity contribution in [2.45, 2.75) is 24.7 Å². The zero-order valence-corrected chi connectivity index (χ0v) is 18.8. The van der Waals surface area contributed by atoms with Crippen LogP contribution in [0.2, 0.25) is 0 Å². The van der Waals surface area contributed by atoms with Crippen LogP contribution in [0.1, 0.15) is 6.92 Å². The molecule has 0 bridgehead atoms. The number of amides is 1. The van der Waals surface area contributed by atoms with Crippen molar-refractivity contribution < 1.29 is 33.7 Å². The molecule has 0 aromatic carbocycles. The zero-order chi connectivity index (χ0) is 22.3. The van der Waals surface area contributed by atoms with Gasteiger partial charge in [0.25, 0.3) is 0 Å². The molecular weight excluding hydrogens is 446 g/mol. The minimum absolute atomic E-state index is 0.0301. The molecule has 4 aliphatic rings. The van der Waals surface area contributed by atoms with Gasteiger partial charge in [0.05, 0.1) is 30.9 Å². The van der Waals surface area contributed by atoms with Crippen molar-refractivity contribution >= 4 is 39.2 Å². The second-order valence-electron chi connectivity index (χ2n) is 7.59. The SMILES string of the molecule is COC12C(CO)C3=C(C(=O)C(C)=C(OCCSSCCOC(N)=O)C3=O)N1CC1NC12. The van der Waals surface area contributed by atoms with Gasteiger partial charge in [0.1, 0.15) is 6.61 Å². The van der Waals surface area contributed by atoms with Crippen LogP contribution < -0.4 is 11.1 Å². The third kappa shape index (κ3) is 3.54. The molecule has 1 amide bonds. The molecule has 4 N–H and O–H groups in total. The Morgan fingerprint density at radius 3 is 2.65 bits per heavy atom. The van der Waals surface area contributed by atoms with Gasteiger partial charge in [-0.25, -0.2) is 4.79 Å². The molecule has 1 aliphatic carbocycles. The fourth-order valence-electron chi connectivity index (χ4n) is 4.77. The first-order chi connectivity index (χ1) is 14.9. The van der Waals surface area contributed by atoms with Crippen LogP contribution in [0, 0.1) is 5.92 Å². The topological polar surface area (TPSA) is 150 Å². The van der Waals surface area contributed by atoms with Crippen molar-refractivity contribution in [1.82, 2.24) is 10.2 Å². The maximum Gasteiger partial charge on any atom is 0.404 e. The lowest BCUT2D eigenvalue weighted by molar-refractivity contribution is -0.137. The van der Waals surface area contributed by atoms with Gasteiger partial charge >= 0.3 is 6.09 Å². The van der Waals surface area contributed by atoms with Crippen LogP contribution in [0.5, 0.6) is 0 Å². The van der Waals surface area contributed by atoms with Gasteiger partial charge in [-0.2, -0.15) is 0 Å². The molecule has 12 heteroatoms. The number of hydrogen-bond acceptors (Lipinski definition) is 11. The predicted octanol–water partition coefficient (Wildman–Crippen LogP) is -0.220. The number of nitrogens with one attached hydrogen (secondary N) is 1. The molecule has 0 radical (unpaired) electrons. The van der Waals surface area contributed by atoms with Crippen LogP contribution in [0.3, 0.4) is 0 Å². The molecule has 0 aromatic heterocycles. The fourth-order valence-corrected chi connectivity index (χ4v) is 6.42. The molecule has 31 heavy (non-hydrogen) atoms. The molecule has 4 atom stereocenters. The van der Waals surface area contributed by atoms with Crippen LogP contribution in [-0.2, 0) is 23.8 Å². The fraction of sp³-hybridized carbons (Fsp3) is 0.632. The Morgan fingerprint density at radius 1 is 1.29 bits per heavy atom. The molecule has 0 spiro atoms. The molecular formula is C19H25N3O7S2. The number of hydrogen-bond donors (Lipinski definition) is 3. The van der Waals surface area contributed by atoms with Crippen molar-refractivity contribution in [2.75, 3.05) is 45.0 Å². The first-order valence-corrected chi connectivity index (χ1v) is 12.4. The number of rotatable bonds is 10. The third-order valence-corrected chi connectivity index (χ3v) is 8.40. The third-order valence-electron chi connectivity index (χ3n) is 6.07. The number of ketones is 2. The van der Waals surface area contributed by atoms with E-state index in [1.807, 2.05) is 4.90 Å². The van der Waals surface area contributed by atoms with E-state index in [0.29, 0.717) is 23.7 Å². The van der Waals surface area contributed by atoms with Crippen molar-refractivity contribution in [2.24, 2.45) is 11.7 Å². The molecule has 4 rings (SSSR count). The van der Waals surface area contributed by atoms with Gasteiger partial charge in [-0.1, -0.05) is 21.6 Å². The highest BCUT2D eigenvalue weighted by Gasteiger charge is 2.72. The highest BCUT2D eigenvalue weighted by atomic mass is 33.1. The lowest BCUT2D eigenvalue weighted by Gasteiger charge is -2.39. The van der Waals surface area contributed by atoms with E-state index in [1.54, 1.807) is 14.0 Å². The van der Waals surface area contributed by atoms with Gasteiger partial charge in [-0.05, 0) is 6.92 Å². The van der Waals surface area contributed by atoms with Crippen LogP contribution in [0.4, 0.5) is 4.79 Å². The number of methoxy groups -OCH3 is 1. The number of carbonyl (C=O) groups excluding carboxylic acids is 3. The van der Waals surface area contributed by atoms with E-state index in [-0.39, 0.29) is 60.4 Å². The second kappa shape index (κ2) is 8.66. The van der Waals surface area contributed by atoms with Gasteiger partial charge in [-0.3, -0.25) is 9.59 Å². The van der Waals surface area contributed by atoms with Gasteiger partial charge in [-0.15, -0.1) is 0 Å². The second-order valence-corrected chi connectivity index (χ2v) is 10.3. The number of primary amides is 1. The summed E-state index contributed by atoms with van der Waals surface area (Å²) in [6.07, 6.45) is -0.803. The molecule has 4 unspecified atom stereocenters. The van der Waals surface area contributed by atoms with Gasteiger partial charge in [0, 0.05) is 42.3 Å². The number of carbonyl (C=O) groups is 3. The number of Topliss-reactive ketones (excluding diaryl/α,β-unsaturated/α-hetero) is 2. The number of nitrogens with two attached hydrogens (primary N) is 1. The highest BCUT2D eigenvalue weighted by Crippen LogP contribution is 2.55. The summed E-state index contributed by atoms with van der Waals surface area (Å²) in [6.45, 7) is 2.30. The number of aliphatic hydroxyl groups is 1. The average Bonchev–Trinajstić information content (AvgIpc) is 3.35. The smallest absolute Gasteiger partial charge is 0.404 e. The number of allylic oxidation sites excluding steroid dienone is 2. The summed E-state index contributed by atoms with van der Waals surface area (Å²) in [6, 6.07) is 0.160. The van der Waals surface area contributed by atoms with Crippen LogP contribution in [0.15, 0.2) is 22.6 Å². The van der Waals surface area contributed by atoms with Crippen molar-refractivity contribution in [3.63, 3.8) is 0 Å². The molecule has 2 saturated heterocycles. The van der Waals surface area contributed by atoms with E-state index in [2.05, 4.69) is 10.1 Å². The van der Waals surface area contributed by atoms with Crippen LogP contribution >= 0.6 is 21.6 Å². The van der Waals surface area contributed by atoms with Crippen LogP contribution in [0.25, 0.3) is 0 Å². The van der Waals surface area contributed by atoms with Gasteiger partial charge in [0.15, 0.2) is 11.5 Å². The average molecular weight is 472 g/mol. The summed E-state index contributed by atoms with van der Waals surface area (Å²) < 4.78 is 16.2. The molecule has 0 saturated carbocycles. The molecule has 10 nitrogen and oxygen atoms in total. The standard InChI is InChI=1S/C19H25N3O7S2/c1-9-14(24)13-12(10(8-23)19(27-2)17-11(21-17)7-22(13)19)15(25)16(9)28-3-5-30-31-6-4-29-18(20)26/h10-11,17,21,23H,3-8H2,1-2H3,(H2,20,26). The maximum absolute atomic E-state index is 13.3. The highest BCUT2D eigenvalue weighted by molar-refractivity contribution is 8.76. The first kappa shape index (κ1) is 22.5. The summed E-state index contributed by atoms with van der Waals surface area (Å²) in [4.78, 5) is 38.9. The Kier molecular flexibility index (Phi) is 6.28. The normalized spacial score (nSPS) is 31.1. The molecule has 3 heterocycles. The summed E-state index contributed by atoms with van der Waals surface area (Å²) in [5.74, 6) is -0.0628. The van der Waals surface area contributed by atoms with Crippen LogP contribution in [-0.4, -0.2) is 90.5 Å². The number of fused-ring (bicyclic) bond motifs is 4. The Morgan fingerprint density at radius 2 is 2.00 bits per heavy atom. The maximum atomic E-state index is 13.3. The number of piperazine rings is 1. The van der Waals surface area contributed by atoms with E-state index in [4.69, 9.17) is 15.2 Å². The monoisotopic (exact) mass is 471 g/mol. The minimum atomic E-state index is -0.926. The Hall–Kier alpha value is -1.73. The van der Waals surface area contributed by atoms with Crippen molar-refractivity contribution in [3.05, 3.63) is 22.6 Å². The summed E-state index contributed by atoms with van der Waals surface area (Å²) in [5, 5.41) is 13.5. The quantitative estimate of drug-likeness (QED) is 0.168. The van der Waals surface area contributed by atoms with E-state index in [9.17, 15) is 19.5 Å². The van der Waals surface area contributed by atoms with E-state index < -0.39 is 17.7 Å². The molecule has 2 fully saturated rings. The van der Waals surface area contributed by atoms with Crippen molar-refractivity contribution in [3.8, 4) is 0 Å². The van der Waals surface area contributed by atoms with E-state index >= 15 is 0 Å². The number of aliphatic hydroxyl groups excluding tert-OH is 1. The lowest BCUT2D eigenvalue weighted by atomic mass is 9.83. The number of ether oxygens (including phenoxy) is 3. The number of nitrogens with zero attached hydrogens (tertiary/aromatic N) is 1. The van der Waals surface area contributed by atoms with Gasteiger partial charge < -0.3 is 35.3 Å². The largest absolute Gasteiger partial charge is 0.488 e. The summed E-state index contributed by atoms with van der Waals surface area (Å²) in [7, 11) is 4.53. The summed E-state index contributed by atoms with van der Waals surface area (Å²) >= 11 is 0.